The van der Waals surface area contributed by atoms with Gasteiger partial charge in [0, 0.05) is 13.6 Å². The fourth-order valence-corrected chi connectivity index (χ4v) is 3.80. The van der Waals surface area contributed by atoms with Crippen molar-refractivity contribution in [2.24, 2.45) is 4.99 Å². The van der Waals surface area contributed by atoms with Crippen molar-refractivity contribution in [2.45, 2.75) is 51.6 Å². The fourth-order valence-electron chi connectivity index (χ4n) is 3.40. The molecule has 1 aliphatic carbocycles. The highest BCUT2D eigenvalue weighted by Gasteiger charge is 2.24. The number of benzene rings is 1. The molecule has 1 aromatic carbocycles. The lowest BCUT2D eigenvalue weighted by atomic mass is 9.83. The largest absolute Gasteiger partial charge is 0.474 e. The van der Waals surface area contributed by atoms with Gasteiger partial charge in [0.2, 0.25) is 5.88 Å². The van der Waals surface area contributed by atoms with Crippen LogP contribution >= 0.6 is 15.9 Å². The molecule has 0 bridgehead atoms. The molecule has 2 aromatic rings. The summed E-state index contributed by atoms with van der Waals surface area (Å²) in [5.74, 6) is 1.33. The van der Waals surface area contributed by atoms with E-state index in [1.807, 2.05) is 31.3 Å². The number of pyridine rings is 1. The Morgan fingerprint density at radius 2 is 1.93 bits per heavy atom. The molecule has 0 spiro atoms. The van der Waals surface area contributed by atoms with Crippen molar-refractivity contribution < 1.29 is 4.74 Å². The zero-order valence-corrected chi connectivity index (χ0v) is 17.9. The molecule has 144 valence electrons. The van der Waals surface area contributed by atoms with E-state index in [-0.39, 0.29) is 6.10 Å². The van der Waals surface area contributed by atoms with E-state index in [4.69, 9.17) is 4.74 Å². The minimum Gasteiger partial charge on any atom is -0.474 e. The number of aromatic nitrogens is 1. The van der Waals surface area contributed by atoms with Crippen molar-refractivity contribution in [3.05, 3.63) is 52.1 Å². The van der Waals surface area contributed by atoms with Gasteiger partial charge in [0.15, 0.2) is 0 Å². The molecule has 0 atom stereocenters. The molecule has 0 N–H and O–H groups in total. The Morgan fingerprint density at radius 1 is 1.22 bits per heavy atom. The molecule has 0 radical (unpaired) electrons. The first-order valence-corrected chi connectivity index (χ1v) is 10.5. The molecular weight excluding hydrogens is 402 g/mol. The van der Waals surface area contributed by atoms with Crippen molar-refractivity contribution in [1.29, 1.82) is 0 Å². The van der Waals surface area contributed by atoms with Gasteiger partial charge in [-0.3, -0.25) is 0 Å². The van der Waals surface area contributed by atoms with E-state index >= 15 is 0 Å². The zero-order chi connectivity index (χ0) is 19.2. The summed E-state index contributed by atoms with van der Waals surface area (Å²) >= 11 is 3.61. The Kier molecular flexibility index (Phi) is 6.89. The van der Waals surface area contributed by atoms with E-state index in [1.54, 1.807) is 0 Å². The van der Waals surface area contributed by atoms with Crippen LogP contribution in [0, 0.1) is 6.92 Å². The summed E-state index contributed by atoms with van der Waals surface area (Å²) in [4.78, 5) is 11.2. The van der Waals surface area contributed by atoms with Gasteiger partial charge in [0.25, 0.3) is 0 Å². The Bertz CT molecular complexity index is 771. The van der Waals surface area contributed by atoms with Crippen molar-refractivity contribution >= 4 is 28.0 Å². The molecule has 0 amide bonds. The zero-order valence-electron chi connectivity index (χ0n) is 16.4. The van der Waals surface area contributed by atoms with Crippen LogP contribution in [-0.2, 0) is 0 Å². The third-order valence-corrected chi connectivity index (χ3v) is 5.79. The predicted octanol–water partition coefficient (Wildman–Crippen LogP) is 5.87. The number of nitrogens with zero attached hydrogens (tertiary/aromatic N) is 3. The maximum absolute atomic E-state index is 6.23. The maximum atomic E-state index is 6.23. The van der Waals surface area contributed by atoms with Gasteiger partial charge in [0.05, 0.1) is 22.2 Å². The molecule has 5 heteroatoms. The lowest BCUT2D eigenvalue weighted by Crippen LogP contribution is -2.24. The van der Waals surface area contributed by atoms with Crippen molar-refractivity contribution in [3.8, 4) is 5.88 Å². The van der Waals surface area contributed by atoms with Crippen molar-refractivity contribution in [2.75, 3.05) is 13.6 Å². The normalized spacial score (nSPS) is 20.0. The molecule has 1 saturated carbocycles. The first-order valence-electron chi connectivity index (χ1n) is 9.70. The molecular formula is C22H28BrN3O. The monoisotopic (exact) mass is 429 g/mol. The van der Waals surface area contributed by atoms with E-state index in [2.05, 4.69) is 63.2 Å². The topological polar surface area (TPSA) is 37.7 Å². The quantitative estimate of drug-likeness (QED) is 0.425. The first-order chi connectivity index (χ1) is 13.1. The second kappa shape index (κ2) is 9.36. The number of aryl methyl sites for hydroxylation is 1. The van der Waals surface area contributed by atoms with Crippen LogP contribution < -0.4 is 4.74 Å². The van der Waals surface area contributed by atoms with Crippen LogP contribution in [0.15, 0.2) is 45.9 Å². The Hall–Kier alpha value is -1.88. The standard InChI is InChI=1S/C22H28BrN3O/c1-4-26(3)15-24-21-14-20(23)22(25-16(21)2)27-19-12-10-18(11-13-19)17-8-6-5-7-9-17/h5-9,14-15,18-19H,4,10-13H2,1-3H3/b24-15+/t18-,19-. The van der Waals surface area contributed by atoms with Gasteiger partial charge in [-0.15, -0.1) is 0 Å². The number of hydrogen-bond donors (Lipinski definition) is 0. The SMILES string of the molecule is CCN(C)/C=N/c1cc(Br)c(O[C@H]2CC[C@H](c3ccccc3)CC2)nc1C. The van der Waals surface area contributed by atoms with Crippen LogP contribution in [0.4, 0.5) is 5.69 Å². The molecule has 27 heavy (non-hydrogen) atoms. The highest BCUT2D eigenvalue weighted by atomic mass is 79.9. The second-order valence-electron chi connectivity index (χ2n) is 7.20. The summed E-state index contributed by atoms with van der Waals surface area (Å²) in [6.45, 7) is 4.99. The summed E-state index contributed by atoms with van der Waals surface area (Å²) in [6.07, 6.45) is 6.52. The summed E-state index contributed by atoms with van der Waals surface area (Å²) in [7, 11) is 2.00. The molecule has 1 aromatic heterocycles. The van der Waals surface area contributed by atoms with Crippen LogP contribution in [0.3, 0.4) is 0 Å². The first kappa shape index (κ1) is 19.9. The van der Waals surface area contributed by atoms with Crippen LogP contribution in [0.25, 0.3) is 0 Å². The third-order valence-electron chi connectivity index (χ3n) is 5.22. The van der Waals surface area contributed by atoms with Crippen molar-refractivity contribution in [1.82, 2.24) is 9.88 Å². The number of hydrogen-bond acceptors (Lipinski definition) is 3. The van der Waals surface area contributed by atoms with Gasteiger partial charge in [-0.05, 0) is 73.0 Å². The number of halogens is 1. The second-order valence-corrected chi connectivity index (χ2v) is 8.05. The Morgan fingerprint density at radius 3 is 2.59 bits per heavy atom. The summed E-state index contributed by atoms with van der Waals surface area (Å²) in [5, 5.41) is 0. The highest BCUT2D eigenvalue weighted by molar-refractivity contribution is 9.10. The fraction of sp³-hybridized carbons (Fsp3) is 0.455. The summed E-state index contributed by atoms with van der Waals surface area (Å²) < 4.78 is 7.10. The Balaban J connectivity index is 1.61. The van der Waals surface area contributed by atoms with Gasteiger partial charge < -0.3 is 9.64 Å². The van der Waals surface area contributed by atoms with Gasteiger partial charge in [0.1, 0.15) is 6.10 Å². The molecule has 0 saturated heterocycles. The van der Waals surface area contributed by atoms with Gasteiger partial charge in [-0.25, -0.2) is 9.98 Å². The van der Waals surface area contributed by atoms with Gasteiger partial charge in [-0.1, -0.05) is 30.3 Å². The molecule has 1 heterocycles. The number of aliphatic imine (C=N–C) groups is 1. The van der Waals surface area contributed by atoms with Crippen LogP contribution in [0.1, 0.15) is 49.8 Å². The van der Waals surface area contributed by atoms with Crippen LogP contribution in [0.5, 0.6) is 5.88 Å². The minimum absolute atomic E-state index is 0.230. The average Bonchev–Trinajstić information content (AvgIpc) is 2.70. The van der Waals surface area contributed by atoms with Crippen LogP contribution in [0.2, 0.25) is 0 Å². The Labute approximate surface area is 170 Å². The predicted molar refractivity (Wildman–Crippen MR) is 115 cm³/mol. The third kappa shape index (κ3) is 5.32. The summed E-state index contributed by atoms with van der Waals surface area (Å²) in [6, 6.07) is 12.8. The number of ether oxygens (including phenoxy) is 1. The maximum Gasteiger partial charge on any atom is 0.228 e. The summed E-state index contributed by atoms with van der Waals surface area (Å²) in [5.41, 5.74) is 3.19. The van der Waals surface area contributed by atoms with E-state index < -0.39 is 0 Å². The lowest BCUT2D eigenvalue weighted by Gasteiger charge is -2.29. The molecule has 0 unspecified atom stereocenters. The van der Waals surface area contributed by atoms with Gasteiger partial charge in [-0.2, -0.15) is 0 Å². The van der Waals surface area contributed by atoms with Crippen molar-refractivity contribution in [3.63, 3.8) is 0 Å². The van der Waals surface area contributed by atoms with E-state index in [9.17, 15) is 0 Å². The molecule has 4 nitrogen and oxygen atoms in total. The molecule has 3 rings (SSSR count). The highest BCUT2D eigenvalue weighted by Crippen LogP contribution is 2.36. The van der Waals surface area contributed by atoms with E-state index in [0.717, 1.165) is 48.1 Å². The van der Waals surface area contributed by atoms with E-state index in [0.29, 0.717) is 11.8 Å². The molecule has 0 aliphatic heterocycles. The minimum atomic E-state index is 0.230. The average molecular weight is 430 g/mol. The van der Waals surface area contributed by atoms with Gasteiger partial charge >= 0.3 is 0 Å². The number of rotatable bonds is 6. The van der Waals surface area contributed by atoms with E-state index in [1.165, 1.54) is 5.56 Å². The molecule has 1 aliphatic rings. The smallest absolute Gasteiger partial charge is 0.228 e. The van der Waals surface area contributed by atoms with Crippen LogP contribution in [-0.4, -0.2) is 35.9 Å². The molecule has 1 fully saturated rings. The lowest BCUT2D eigenvalue weighted by molar-refractivity contribution is 0.139.